The second kappa shape index (κ2) is 6.43. The number of H-pyrrole nitrogens is 2. The topological polar surface area (TPSA) is 105 Å². The number of aliphatic hydroxyl groups excluding tert-OH is 1. The SMILES string of the molecule is O=C(c1cc2ccccc2[nH]1)N1CCc2[nH]nc(C(=O)N3CC4C(CO)C4C3)c2C1. The molecule has 2 unspecified atom stereocenters. The number of aromatic amines is 2. The van der Waals surface area contributed by atoms with Crippen LogP contribution in [-0.4, -0.2) is 68.1 Å². The van der Waals surface area contributed by atoms with Gasteiger partial charge in [-0.1, -0.05) is 18.2 Å². The highest BCUT2D eigenvalue weighted by Crippen LogP contribution is 2.51. The lowest BCUT2D eigenvalue weighted by Gasteiger charge is -2.27. The Balaban J connectivity index is 1.21. The van der Waals surface area contributed by atoms with E-state index in [1.54, 1.807) is 4.90 Å². The molecule has 6 rings (SSSR count). The van der Waals surface area contributed by atoms with Crippen LogP contribution < -0.4 is 0 Å². The van der Waals surface area contributed by atoms with Gasteiger partial charge < -0.3 is 19.9 Å². The van der Waals surface area contributed by atoms with Crippen molar-refractivity contribution in [3.8, 4) is 0 Å². The van der Waals surface area contributed by atoms with E-state index in [0.29, 0.717) is 61.7 Å². The maximum atomic E-state index is 13.1. The van der Waals surface area contributed by atoms with Gasteiger partial charge in [-0.3, -0.25) is 14.7 Å². The zero-order valence-corrected chi connectivity index (χ0v) is 16.5. The van der Waals surface area contributed by atoms with Gasteiger partial charge in [-0.05, 0) is 29.9 Å². The van der Waals surface area contributed by atoms with Crippen molar-refractivity contribution < 1.29 is 14.7 Å². The van der Waals surface area contributed by atoms with Crippen molar-refractivity contribution in [2.45, 2.75) is 13.0 Å². The third-order valence-corrected chi connectivity index (χ3v) is 7.05. The summed E-state index contributed by atoms with van der Waals surface area (Å²) in [6.45, 7) is 2.55. The van der Waals surface area contributed by atoms with Gasteiger partial charge in [0.05, 0.1) is 6.54 Å². The van der Waals surface area contributed by atoms with Crippen molar-refractivity contribution in [2.75, 3.05) is 26.2 Å². The molecule has 30 heavy (non-hydrogen) atoms. The van der Waals surface area contributed by atoms with E-state index in [2.05, 4.69) is 15.2 Å². The van der Waals surface area contributed by atoms with Crippen LogP contribution in [0.25, 0.3) is 10.9 Å². The van der Waals surface area contributed by atoms with Gasteiger partial charge in [0.25, 0.3) is 11.8 Å². The summed E-state index contributed by atoms with van der Waals surface area (Å²) in [5, 5.41) is 17.7. The Hall–Kier alpha value is -3.13. The number of hydrogen-bond donors (Lipinski definition) is 3. The van der Waals surface area contributed by atoms with Crippen molar-refractivity contribution in [2.24, 2.45) is 17.8 Å². The van der Waals surface area contributed by atoms with E-state index in [4.69, 9.17) is 0 Å². The minimum atomic E-state index is -0.0729. The Morgan fingerprint density at radius 1 is 1.13 bits per heavy atom. The maximum Gasteiger partial charge on any atom is 0.274 e. The fourth-order valence-electron chi connectivity index (χ4n) is 5.24. The number of benzene rings is 1. The molecule has 8 heteroatoms. The molecule has 3 N–H and O–H groups in total. The number of aliphatic hydroxyl groups is 1. The quantitative estimate of drug-likeness (QED) is 0.613. The summed E-state index contributed by atoms with van der Waals surface area (Å²) in [5.74, 6) is 1.06. The highest BCUT2D eigenvalue weighted by molar-refractivity contribution is 5.98. The van der Waals surface area contributed by atoms with Crippen LogP contribution in [0.4, 0.5) is 0 Å². The molecule has 8 nitrogen and oxygen atoms in total. The standard InChI is InChI=1S/C22H23N5O3/c28-11-16-13-8-27(9-14(13)16)22(30)20-15-10-26(6-5-18(15)24-25-20)21(29)19-7-12-3-1-2-4-17(12)23-19/h1-4,7,13-14,16,23,28H,5-6,8-11H2,(H,24,25). The lowest BCUT2D eigenvalue weighted by atomic mass is 10.0. The summed E-state index contributed by atoms with van der Waals surface area (Å²) in [6.07, 6.45) is 0.652. The van der Waals surface area contributed by atoms with E-state index in [1.165, 1.54) is 0 Å². The Bertz CT molecular complexity index is 1120. The van der Waals surface area contributed by atoms with Crippen molar-refractivity contribution in [1.29, 1.82) is 0 Å². The van der Waals surface area contributed by atoms with Crippen LogP contribution in [0.1, 0.15) is 32.2 Å². The number of rotatable bonds is 3. The number of para-hydroxylation sites is 1. The first kappa shape index (κ1) is 17.7. The molecule has 0 bridgehead atoms. The van der Waals surface area contributed by atoms with Crippen LogP contribution >= 0.6 is 0 Å². The first-order chi connectivity index (χ1) is 14.6. The Labute approximate surface area is 172 Å². The monoisotopic (exact) mass is 405 g/mol. The van der Waals surface area contributed by atoms with Gasteiger partial charge in [0.1, 0.15) is 5.69 Å². The average Bonchev–Trinajstić information content (AvgIpc) is 3.22. The van der Waals surface area contributed by atoms with Gasteiger partial charge >= 0.3 is 0 Å². The Morgan fingerprint density at radius 2 is 1.93 bits per heavy atom. The van der Waals surface area contributed by atoms with Crippen molar-refractivity contribution in [3.05, 3.63) is 53.0 Å². The lowest BCUT2D eigenvalue weighted by molar-refractivity contribution is 0.0712. The second-order valence-corrected chi connectivity index (χ2v) is 8.66. The number of likely N-dealkylation sites (tertiary alicyclic amines) is 1. The Morgan fingerprint density at radius 3 is 2.70 bits per heavy atom. The van der Waals surface area contributed by atoms with Crippen molar-refractivity contribution in [3.63, 3.8) is 0 Å². The molecule has 2 aliphatic heterocycles. The van der Waals surface area contributed by atoms with Crippen LogP contribution in [0.3, 0.4) is 0 Å². The number of amides is 2. The normalized spacial score (nSPS) is 24.8. The smallest absolute Gasteiger partial charge is 0.274 e. The predicted octanol–water partition coefficient (Wildman–Crippen LogP) is 1.40. The summed E-state index contributed by atoms with van der Waals surface area (Å²) in [5.41, 5.74) is 3.70. The molecular weight excluding hydrogens is 382 g/mol. The van der Waals surface area contributed by atoms with E-state index in [-0.39, 0.29) is 18.4 Å². The molecule has 1 saturated carbocycles. The van der Waals surface area contributed by atoms with Gasteiger partial charge in [0.2, 0.25) is 0 Å². The van der Waals surface area contributed by atoms with E-state index in [0.717, 1.165) is 22.2 Å². The predicted molar refractivity (Wildman–Crippen MR) is 109 cm³/mol. The summed E-state index contributed by atoms with van der Waals surface area (Å²) < 4.78 is 0. The molecule has 2 aromatic heterocycles. The largest absolute Gasteiger partial charge is 0.396 e. The molecule has 0 spiro atoms. The van der Waals surface area contributed by atoms with Crippen LogP contribution in [-0.2, 0) is 13.0 Å². The molecule has 2 atom stereocenters. The number of aromatic nitrogens is 3. The van der Waals surface area contributed by atoms with E-state index < -0.39 is 0 Å². The molecule has 4 heterocycles. The number of piperidine rings is 1. The summed E-state index contributed by atoms with van der Waals surface area (Å²) in [6, 6.07) is 9.70. The van der Waals surface area contributed by atoms with Crippen LogP contribution in [0, 0.1) is 17.8 Å². The summed E-state index contributed by atoms with van der Waals surface area (Å²) in [4.78, 5) is 33.0. The first-order valence-corrected chi connectivity index (χ1v) is 10.5. The molecule has 3 aromatic rings. The fourth-order valence-corrected chi connectivity index (χ4v) is 5.24. The zero-order chi connectivity index (χ0) is 20.4. The molecule has 1 saturated heterocycles. The second-order valence-electron chi connectivity index (χ2n) is 8.66. The van der Waals surface area contributed by atoms with Gasteiger partial charge in [0.15, 0.2) is 5.69 Å². The first-order valence-electron chi connectivity index (χ1n) is 10.5. The lowest BCUT2D eigenvalue weighted by Crippen LogP contribution is -2.38. The van der Waals surface area contributed by atoms with Crippen molar-refractivity contribution in [1.82, 2.24) is 25.0 Å². The van der Waals surface area contributed by atoms with Crippen LogP contribution in [0.15, 0.2) is 30.3 Å². The molecule has 0 radical (unpaired) electrons. The minimum absolute atomic E-state index is 0.0651. The van der Waals surface area contributed by atoms with Gasteiger partial charge in [0, 0.05) is 54.8 Å². The number of carbonyl (C=O) groups is 2. The van der Waals surface area contributed by atoms with E-state index >= 15 is 0 Å². The van der Waals surface area contributed by atoms with Gasteiger partial charge in [-0.2, -0.15) is 5.10 Å². The van der Waals surface area contributed by atoms with Crippen LogP contribution in [0.2, 0.25) is 0 Å². The molecule has 3 aliphatic rings. The molecular formula is C22H23N5O3. The van der Waals surface area contributed by atoms with Crippen molar-refractivity contribution >= 4 is 22.7 Å². The number of hydrogen-bond acceptors (Lipinski definition) is 4. The summed E-state index contributed by atoms with van der Waals surface area (Å²) in [7, 11) is 0. The highest BCUT2D eigenvalue weighted by Gasteiger charge is 2.56. The van der Waals surface area contributed by atoms with E-state index in [9.17, 15) is 14.7 Å². The molecule has 154 valence electrons. The summed E-state index contributed by atoms with van der Waals surface area (Å²) >= 11 is 0. The number of nitrogens with zero attached hydrogens (tertiary/aromatic N) is 3. The van der Waals surface area contributed by atoms with Gasteiger partial charge in [-0.15, -0.1) is 0 Å². The number of carbonyl (C=O) groups excluding carboxylic acids is 2. The fraction of sp³-hybridized carbons (Fsp3) is 0.409. The third kappa shape index (κ3) is 2.60. The number of fused-ring (bicyclic) bond motifs is 3. The molecule has 2 fully saturated rings. The number of nitrogens with one attached hydrogen (secondary N) is 2. The minimum Gasteiger partial charge on any atom is -0.396 e. The average molecular weight is 405 g/mol. The highest BCUT2D eigenvalue weighted by atomic mass is 16.3. The molecule has 1 aromatic carbocycles. The third-order valence-electron chi connectivity index (χ3n) is 7.05. The zero-order valence-electron chi connectivity index (χ0n) is 16.5. The Kier molecular flexibility index (Phi) is 3.80. The maximum absolute atomic E-state index is 13.1. The molecule has 2 amide bonds. The molecule has 1 aliphatic carbocycles. The van der Waals surface area contributed by atoms with E-state index in [1.807, 2.05) is 35.2 Å². The van der Waals surface area contributed by atoms with Crippen LogP contribution in [0.5, 0.6) is 0 Å². The van der Waals surface area contributed by atoms with Gasteiger partial charge in [-0.25, -0.2) is 0 Å².